The fourth-order valence-corrected chi connectivity index (χ4v) is 1.25. The van der Waals surface area contributed by atoms with Gasteiger partial charge in [-0.15, -0.1) is 0 Å². The lowest BCUT2D eigenvalue weighted by Crippen LogP contribution is -2.10. The summed E-state index contributed by atoms with van der Waals surface area (Å²) in [5, 5.41) is 0. The highest BCUT2D eigenvalue weighted by Crippen LogP contribution is 2.18. The molecule has 0 atom stereocenters. The van der Waals surface area contributed by atoms with Crippen LogP contribution in [0.2, 0.25) is 0 Å². The molecule has 0 saturated heterocycles. The Bertz CT molecular complexity index is 200. The Balaban J connectivity index is 2.58. The lowest BCUT2D eigenvalue weighted by Gasteiger charge is -2.03. The molecule has 3 N–H and O–H groups in total. The van der Waals surface area contributed by atoms with E-state index in [0.29, 0.717) is 6.61 Å². The molecule has 0 aliphatic rings. The molecule has 0 fully saturated rings. The fourth-order valence-electron chi connectivity index (χ4n) is 0.839. The van der Waals surface area contributed by atoms with Gasteiger partial charge < -0.3 is 4.74 Å². The summed E-state index contributed by atoms with van der Waals surface area (Å²) < 4.78 is 5.28. The molecule has 1 aromatic rings. The molecule has 0 heterocycles. The smallest absolute Gasteiger partial charge is 0.119 e. The second-order valence-corrected chi connectivity index (χ2v) is 3.04. The van der Waals surface area contributed by atoms with Crippen molar-refractivity contribution in [2.45, 2.75) is 11.8 Å². The minimum absolute atomic E-state index is 0.696. The minimum atomic E-state index is 0.696. The predicted molar refractivity (Wildman–Crippen MR) is 50.8 cm³/mol. The van der Waals surface area contributed by atoms with Crippen molar-refractivity contribution in [3.8, 4) is 5.75 Å². The summed E-state index contributed by atoms with van der Waals surface area (Å²) in [5.41, 5.74) is 0. The van der Waals surface area contributed by atoms with E-state index < -0.39 is 0 Å². The maximum absolute atomic E-state index is 5.28. The van der Waals surface area contributed by atoms with Gasteiger partial charge in [-0.3, -0.25) is 5.84 Å². The van der Waals surface area contributed by atoms with Crippen LogP contribution in [0.3, 0.4) is 0 Å². The molecule has 0 aliphatic heterocycles. The molecule has 0 spiro atoms. The van der Waals surface area contributed by atoms with Crippen LogP contribution in [0, 0.1) is 0 Å². The number of nitrogens with one attached hydrogen (secondary N) is 1. The first-order valence-corrected chi connectivity index (χ1v) is 4.53. The molecule has 0 unspecified atom stereocenters. The zero-order chi connectivity index (χ0) is 8.81. The van der Waals surface area contributed by atoms with E-state index in [2.05, 4.69) is 4.83 Å². The van der Waals surface area contributed by atoms with Crippen molar-refractivity contribution in [3.63, 3.8) is 0 Å². The van der Waals surface area contributed by atoms with Crippen molar-refractivity contribution in [2.24, 2.45) is 5.84 Å². The third kappa shape index (κ3) is 2.73. The van der Waals surface area contributed by atoms with Gasteiger partial charge >= 0.3 is 0 Å². The van der Waals surface area contributed by atoms with E-state index in [1.165, 1.54) is 11.9 Å². The third-order valence-corrected chi connectivity index (χ3v) is 1.94. The van der Waals surface area contributed by atoms with E-state index in [4.69, 9.17) is 10.6 Å². The quantitative estimate of drug-likeness (QED) is 0.423. The average molecular weight is 184 g/mol. The van der Waals surface area contributed by atoms with Gasteiger partial charge in [0.05, 0.1) is 6.61 Å². The van der Waals surface area contributed by atoms with Crippen molar-refractivity contribution >= 4 is 11.9 Å². The van der Waals surface area contributed by atoms with Crippen LogP contribution in [0.25, 0.3) is 0 Å². The molecule has 0 aliphatic carbocycles. The van der Waals surface area contributed by atoms with Crippen molar-refractivity contribution in [3.05, 3.63) is 24.3 Å². The second kappa shape index (κ2) is 5.03. The van der Waals surface area contributed by atoms with E-state index in [9.17, 15) is 0 Å². The zero-order valence-corrected chi connectivity index (χ0v) is 7.73. The van der Waals surface area contributed by atoms with Gasteiger partial charge in [0.25, 0.3) is 0 Å². The molecule has 0 amide bonds. The summed E-state index contributed by atoms with van der Waals surface area (Å²) in [4.78, 5) is 3.58. The van der Waals surface area contributed by atoms with Crippen LogP contribution < -0.4 is 15.4 Å². The highest BCUT2D eigenvalue weighted by molar-refractivity contribution is 7.97. The number of nitrogens with two attached hydrogens (primary N) is 1. The summed E-state index contributed by atoms with van der Waals surface area (Å²) in [6.07, 6.45) is 0. The van der Waals surface area contributed by atoms with Crippen molar-refractivity contribution < 1.29 is 4.74 Å². The molecular formula is C8H12N2OS. The molecular weight excluding hydrogens is 172 g/mol. The van der Waals surface area contributed by atoms with Crippen LogP contribution in [0.1, 0.15) is 6.92 Å². The molecule has 0 aromatic heterocycles. The SMILES string of the molecule is CCOc1ccc(SNN)cc1. The largest absolute Gasteiger partial charge is 0.494 e. The lowest BCUT2D eigenvalue weighted by atomic mass is 10.3. The van der Waals surface area contributed by atoms with E-state index in [1.54, 1.807) is 0 Å². The number of ether oxygens (including phenoxy) is 1. The summed E-state index contributed by atoms with van der Waals surface area (Å²) in [7, 11) is 0. The van der Waals surface area contributed by atoms with Crippen LogP contribution in [-0.2, 0) is 0 Å². The number of hydrogen-bond donors (Lipinski definition) is 2. The van der Waals surface area contributed by atoms with E-state index in [0.717, 1.165) is 10.6 Å². The summed E-state index contributed by atoms with van der Waals surface area (Å²) in [6, 6.07) is 7.75. The number of hydrogen-bond acceptors (Lipinski definition) is 4. The Morgan fingerprint density at radius 1 is 1.42 bits per heavy atom. The van der Waals surface area contributed by atoms with Crippen LogP contribution in [0.15, 0.2) is 29.2 Å². The first-order chi connectivity index (χ1) is 5.86. The maximum atomic E-state index is 5.28. The van der Waals surface area contributed by atoms with E-state index >= 15 is 0 Å². The Labute approximate surface area is 76.4 Å². The van der Waals surface area contributed by atoms with Gasteiger partial charge in [-0.1, -0.05) is 0 Å². The second-order valence-electron chi connectivity index (χ2n) is 2.12. The number of rotatable bonds is 4. The van der Waals surface area contributed by atoms with Gasteiger partial charge in [-0.2, -0.15) is 4.83 Å². The summed E-state index contributed by atoms with van der Waals surface area (Å²) in [6.45, 7) is 2.66. The number of benzene rings is 1. The number of hydrazine groups is 1. The Morgan fingerprint density at radius 3 is 2.58 bits per heavy atom. The van der Waals surface area contributed by atoms with Gasteiger partial charge in [0.2, 0.25) is 0 Å². The zero-order valence-electron chi connectivity index (χ0n) is 6.91. The first kappa shape index (κ1) is 9.38. The maximum Gasteiger partial charge on any atom is 0.119 e. The molecule has 1 aromatic carbocycles. The van der Waals surface area contributed by atoms with E-state index in [-0.39, 0.29) is 0 Å². The normalized spacial score (nSPS) is 9.83. The highest BCUT2D eigenvalue weighted by Gasteiger charge is 1.93. The lowest BCUT2D eigenvalue weighted by molar-refractivity contribution is 0.340. The van der Waals surface area contributed by atoms with E-state index in [1.807, 2.05) is 31.2 Å². The topological polar surface area (TPSA) is 47.3 Å². The Hall–Kier alpha value is -0.710. The monoisotopic (exact) mass is 184 g/mol. The molecule has 4 heteroatoms. The van der Waals surface area contributed by atoms with Gasteiger partial charge in [0.1, 0.15) is 5.75 Å². The minimum Gasteiger partial charge on any atom is -0.494 e. The third-order valence-electron chi connectivity index (χ3n) is 1.31. The Kier molecular flexibility index (Phi) is 3.93. The van der Waals surface area contributed by atoms with Crippen LogP contribution in [0.4, 0.5) is 0 Å². The highest BCUT2D eigenvalue weighted by atomic mass is 32.2. The predicted octanol–water partition coefficient (Wildman–Crippen LogP) is 1.56. The van der Waals surface area contributed by atoms with Gasteiger partial charge in [-0.25, -0.2) is 0 Å². The van der Waals surface area contributed by atoms with Gasteiger partial charge in [0.15, 0.2) is 0 Å². The first-order valence-electron chi connectivity index (χ1n) is 3.72. The van der Waals surface area contributed by atoms with Crippen molar-refractivity contribution in [2.75, 3.05) is 6.61 Å². The molecule has 1 rings (SSSR count). The van der Waals surface area contributed by atoms with Crippen molar-refractivity contribution in [1.82, 2.24) is 4.83 Å². The Morgan fingerprint density at radius 2 is 2.08 bits per heavy atom. The fraction of sp³-hybridized carbons (Fsp3) is 0.250. The molecule has 66 valence electrons. The molecule has 3 nitrogen and oxygen atoms in total. The van der Waals surface area contributed by atoms with Crippen LogP contribution in [0.5, 0.6) is 5.75 Å². The summed E-state index contributed by atoms with van der Waals surface area (Å²) >= 11 is 1.37. The van der Waals surface area contributed by atoms with Gasteiger partial charge in [-0.05, 0) is 43.1 Å². The average Bonchev–Trinajstić information content (AvgIpc) is 2.09. The molecule has 12 heavy (non-hydrogen) atoms. The molecule has 0 radical (unpaired) electrons. The standard InChI is InChI=1S/C8H12N2OS/c1-2-11-7-3-5-8(6-4-7)12-10-9/h3-6,10H,2,9H2,1H3. The molecule has 0 saturated carbocycles. The van der Waals surface area contributed by atoms with Gasteiger partial charge in [0, 0.05) is 4.90 Å². The summed E-state index contributed by atoms with van der Waals surface area (Å²) in [5.74, 6) is 6.03. The molecule has 0 bridgehead atoms. The van der Waals surface area contributed by atoms with Crippen molar-refractivity contribution in [1.29, 1.82) is 0 Å². The van der Waals surface area contributed by atoms with Crippen LogP contribution in [-0.4, -0.2) is 6.61 Å². The van der Waals surface area contributed by atoms with Crippen LogP contribution >= 0.6 is 11.9 Å².